The van der Waals surface area contributed by atoms with Gasteiger partial charge in [0.15, 0.2) is 0 Å². The molecule has 1 unspecified atom stereocenters. The molecule has 164 valence electrons. The van der Waals surface area contributed by atoms with E-state index in [-0.39, 0.29) is 28.5 Å². The number of hydrogen-bond donors (Lipinski definition) is 3. The average Bonchev–Trinajstić information content (AvgIpc) is 2.72. The Morgan fingerprint density at radius 2 is 1.97 bits per heavy atom. The molecule has 0 saturated carbocycles. The third-order valence-corrected chi connectivity index (χ3v) is 6.30. The van der Waals surface area contributed by atoms with Crippen molar-refractivity contribution in [1.29, 1.82) is 0 Å². The van der Waals surface area contributed by atoms with E-state index < -0.39 is 27.7 Å². The number of sulfonamides is 1. The van der Waals surface area contributed by atoms with E-state index in [0.29, 0.717) is 16.8 Å². The highest BCUT2D eigenvalue weighted by molar-refractivity contribution is 7.89. The van der Waals surface area contributed by atoms with Gasteiger partial charge in [0.25, 0.3) is 5.56 Å². The largest absolute Gasteiger partial charge is 0.465 e. The average molecular weight is 465 g/mol. The number of nitrogens with zero attached hydrogens (tertiary/aromatic N) is 2. The number of amides is 1. The van der Waals surface area contributed by atoms with E-state index in [9.17, 15) is 18.0 Å². The van der Waals surface area contributed by atoms with Crippen LogP contribution in [0, 0.1) is 0 Å². The molecule has 9 nitrogen and oxygen atoms in total. The van der Waals surface area contributed by atoms with Crippen LogP contribution in [0.1, 0.15) is 31.3 Å². The highest BCUT2D eigenvalue weighted by atomic mass is 35.5. The van der Waals surface area contributed by atoms with Crippen LogP contribution in [0.3, 0.4) is 0 Å². The maximum atomic E-state index is 13.4. The quantitative estimate of drug-likeness (QED) is 0.492. The van der Waals surface area contributed by atoms with Gasteiger partial charge in [-0.15, -0.1) is 0 Å². The van der Waals surface area contributed by atoms with Gasteiger partial charge in [0.05, 0.1) is 33.4 Å². The maximum Gasteiger partial charge on any atom is 0.405 e. The Bertz CT molecular complexity index is 1310. The molecule has 1 aromatic heterocycles. The first-order valence-corrected chi connectivity index (χ1v) is 11.4. The van der Waals surface area contributed by atoms with E-state index in [1.807, 2.05) is 0 Å². The molecule has 0 saturated heterocycles. The molecule has 0 radical (unpaired) electrons. The highest BCUT2D eigenvalue weighted by Gasteiger charge is 2.20. The van der Waals surface area contributed by atoms with Crippen LogP contribution < -0.4 is 15.6 Å². The summed E-state index contributed by atoms with van der Waals surface area (Å²) in [6.45, 7) is 3.15. The molecule has 0 aliphatic rings. The third kappa shape index (κ3) is 5.04. The maximum absolute atomic E-state index is 13.4. The summed E-state index contributed by atoms with van der Waals surface area (Å²) in [4.78, 5) is 29.1. The third-order valence-electron chi connectivity index (χ3n) is 4.64. The molecule has 11 heteroatoms. The molecule has 1 heterocycles. The Morgan fingerprint density at radius 3 is 2.65 bits per heavy atom. The molecule has 2 aromatic carbocycles. The van der Waals surface area contributed by atoms with Gasteiger partial charge in [0.1, 0.15) is 5.82 Å². The van der Waals surface area contributed by atoms with Crippen molar-refractivity contribution in [2.24, 2.45) is 0 Å². The summed E-state index contributed by atoms with van der Waals surface area (Å²) < 4.78 is 27.3. The lowest BCUT2D eigenvalue weighted by molar-refractivity contribution is 0.190. The first kappa shape index (κ1) is 22.7. The van der Waals surface area contributed by atoms with Gasteiger partial charge in [-0.3, -0.25) is 9.36 Å². The van der Waals surface area contributed by atoms with E-state index in [1.165, 1.54) is 11.5 Å². The highest BCUT2D eigenvalue weighted by Crippen LogP contribution is 2.23. The van der Waals surface area contributed by atoms with Crippen molar-refractivity contribution >= 4 is 38.6 Å². The summed E-state index contributed by atoms with van der Waals surface area (Å²) in [6, 6.07) is 10.7. The van der Waals surface area contributed by atoms with Gasteiger partial charge in [-0.25, -0.2) is 22.9 Å². The zero-order valence-electron chi connectivity index (χ0n) is 16.8. The van der Waals surface area contributed by atoms with Crippen molar-refractivity contribution in [2.45, 2.75) is 26.4 Å². The second-order valence-electron chi connectivity index (χ2n) is 6.81. The number of carbonyl (C=O) groups is 1. The van der Waals surface area contributed by atoms with Crippen molar-refractivity contribution in [2.75, 3.05) is 5.75 Å². The molecule has 3 N–H and O–H groups in total. The number of nitrogens with one attached hydrogen (secondary N) is 2. The number of benzene rings is 2. The minimum Gasteiger partial charge on any atom is -0.465 e. The molecule has 1 atom stereocenters. The lowest BCUT2D eigenvalue weighted by Crippen LogP contribution is -2.32. The summed E-state index contributed by atoms with van der Waals surface area (Å²) in [7, 11) is -3.40. The van der Waals surface area contributed by atoms with Crippen molar-refractivity contribution in [1.82, 2.24) is 19.6 Å². The molecular formula is C20H21ClN4O5S. The fourth-order valence-electron chi connectivity index (χ4n) is 3.10. The minimum atomic E-state index is -3.40. The number of carboxylic acid groups (broad SMARTS) is 1. The zero-order chi connectivity index (χ0) is 22.8. The molecule has 31 heavy (non-hydrogen) atoms. The summed E-state index contributed by atoms with van der Waals surface area (Å²) in [6.07, 6.45) is -1.26. The topological polar surface area (TPSA) is 130 Å². The SMILES string of the molecule is CCS(=O)(=O)NCc1cccc(-n2c(C(C)NC(=O)O)nc3cccc(Cl)c3c2=O)c1. The number of aromatic nitrogens is 2. The summed E-state index contributed by atoms with van der Waals surface area (Å²) >= 11 is 6.25. The van der Waals surface area contributed by atoms with Crippen molar-refractivity contribution in [3.8, 4) is 5.69 Å². The van der Waals surface area contributed by atoms with Crippen LogP contribution in [0.5, 0.6) is 0 Å². The molecule has 0 spiro atoms. The molecule has 3 rings (SSSR count). The molecule has 0 aliphatic heterocycles. The van der Waals surface area contributed by atoms with Crippen molar-refractivity contribution in [3.63, 3.8) is 0 Å². The van der Waals surface area contributed by atoms with Crippen LogP contribution in [-0.4, -0.2) is 34.9 Å². The monoisotopic (exact) mass is 464 g/mol. The lowest BCUT2D eigenvalue weighted by atomic mass is 10.1. The normalized spacial score (nSPS) is 12.6. The van der Waals surface area contributed by atoms with E-state index in [4.69, 9.17) is 16.7 Å². The van der Waals surface area contributed by atoms with Crippen LogP contribution in [0.25, 0.3) is 16.6 Å². The summed E-state index contributed by atoms with van der Waals surface area (Å²) in [5, 5.41) is 11.9. The Balaban J connectivity index is 2.19. The van der Waals surface area contributed by atoms with Crippen LogP contribution >= 0.6 is 11.6 Å². The Hall–Kier alpha value is -2.95. The molecule has 3 aromatic rings. The second kappa shape index (κ2) is 9.04. The molecule has 0 fully saturated rings. The van der Waals surface area contributed by atoms with Gasteiger partial charge < -0.3 is 10.4 Å². The molecule has 1 amide bonds. The van der Waals surface area contributed by atoms with Gasteiger partial charge in [-0.05, 0) is 43.7 Å². The number of hydrogen-bond acceptors (Lipinski definition) is 5. The first-order chi connectivity index (χ1) is 14.6. The smallest absolute Gasteiger partial charge is 0.405 e. The van der Waals surface area contributed by atoms with Gasteiger partial charge in [0.2, 0.25) is 10.0 Å². The van der Waals surface area contributed by atoms with Gasteiger partial charge in [0, 0.05) is 6.54 Å². The molecular weight excluding hydrogens is 444 g/mol. The van der Waals surface area contributed by atoms with Crippen LogP contribution in [0.4, 0.5) is 4.79 Å². The fourth-order valence-corrected chi connectivity index (χ4v) is 3.94. The van der Waals surface area contributed by atoms with Crippen LogP contribution in [-0.2, 0) is 16.6 Å². The Morgan fingerprint density at radius 1 is 1.26 bits per heavy atom. The zero-order valence-corrected chi connectivity index (χ0v) is 18.4. The van der Waals surface area contributed by atoms with Crippen molar-refractivity contribution in [3.05, 3.63) is 69.2 Å². The van der Waals surface area contributed by atoms with E-state index in [1.54, 1.807) is 49.4 Å². The Kier molecular flexibility index (Phi) is 6.63. The van der Waals surface area contributed by atoms with Crippen molar-refractivity contribution < 1.29 is 18.3 Å². The van der Waals surface area contributed by atoms with Crippen LogP contribution in [0.15, 0.2) is 47.3 Å². The van der Waals surface area contributed by atoms with Gasteiger partial charge in [-0.1, -0.05) is 29.8 Å². The van der Waals surface area contributed by atoms with E-state index in [0.717, 1.165) is 0 Å². The number of rotatable bonds is 7. The summed E-state index contributed by atoms with van der Waals surface area (Å²) in [5.74, 6) is 0.121. The van der Waals surface area contributed by atoms with E-state index >= 15 is 0 Å². The lowest BCUT2D eigenvalue weighted by Gasteiger charge is -2.19. The number of fused-ring (bicyclic) bond motifs is 1. The fraction of sp³-hybridized carbons (Fsp3) is 0.250. The summed E-state index contributed by atoms with van der Waals surface area (Å²) in [5.41, 5.74) is 0.901. The minimum absolute atomic E-state index is 0.0405. The molecule has 0 aliphatic carbocycles. The standard InChI is InChI=1S/C20H21ClN4O5S/c1-3-31(29,30)22-11-13-6-4-7-14(10-13)25-18(12(2)23-20(27)28)24-16-9-5-8-15(21)17(16)19(25)26/h4-10,12,22-23H,3,11H2,1-2H3,(H,27,28). The predicted molar refractivity (Wildman–Crippen MR) is 118 cm³/mol. The van der Waals surface area contributed by atoms with Crippen LogP contribution in [0.2, 0.25) is 5.02 Å². The van der Waals surface area contributed by atoms with Gasteiger partial charge in [-0.2, -0.15) is 0 Å². The second-order valence-corrected chi connectivity index (χ2v) is 9.31. The van der Waals surface area contributed by atoms with Gasteiger partial charge >= 0.3 is 6.09 Å². The molecule has 0 bridgehead atoms. The Labute approximate surface area is 183 Å². The van der Waals surface area contributed by atoms with E-state index in [2.05, 4.69) is 15.0 Å². The first-order valence-electron chi connectivity index (χ1n) is 9.40. The predicted octanol–water partition coefficient (Wildman–Crippen LogP) is 2.81. The number of halogens is 1.